The van der Waals surface area contributed by atoms with E-state index in [-0.39, 0.29) is 12.1 Å². The van der Waals surface area contributed by atoms with Crippen LogP contribution in [-0.2, 0) is 0 Å². The molecule has 0 saturated carbocycles. The van der Waals surface area contributed by atoms with E-state index >= 15 is 0 Å². The monoisotopic (exact) mass is 466 g/mol. The normalized spacial score (nSPS) is 18.5. The lowest BCUT2D eigenvalue weighted by molar-refractivity contribution is 0.223. The number of benzene rings is 3. The number of ether oxygens (including phenoxy) is 1. The molecule has 2 aliphatic heterocycles. The van der Waals surface area contributed by atoms with Gasteiger partial charge in [0.2, 0.25) is 11.1 Å². The van der Waals surface area contributed by atoms with Crippen molar-refractivity contribution in [3.8, 4) is 5.75 Å². The van der Waals surface area contributed by atoms with Gasteiger partial charge in [-0.3, -0.25) is 0 Å². The molecule has 0 radical (unpaired) electrons. The van der Waals surface area contributed by atoms with Gasteiger partial charge in [-0.25, -0.2) is 4.68 Å². The van der Waals surface area contributed by atoms with E-state index in [2.05, 4.69) is 92.8 Å². The summed E-state index contributed by atoms with van der Waals surface area (Å²) in [5, 5.41) is 9.25. The van der Waals surface area contributed by atoms with Gasteiger partial charge >= 0.3 is 0 Å². The fraction of sp³-hybridized carbons (Fsp3) is 0.214. The van der Waals surface area contributed by atoms with Crippen molar-refractivity contribution in [1.29, 1.82) is 0 Å². The quantitative estimate of drug-likeness (QED) is 0.350. The van der Waals surface area contributed by atoms with E-state index in [4.69, 9.17) is 14.8 Å². The van der Waals surface area contributed by atoms with Crippen LogP contribution in [0.3, 0.4) is 0 Å². The first-order chi connectivity index (χ1) is 16.5. The van der Waals surface area contributed by atoms with Gasteiger partial charge in [0.25, 0.3) is 0 Å². The summed E-state index contributed by atoms with van der Waals surface area (Å²) in [6, 6.07) is 23.6. The highest BCUT2D eigenvalue weighted by atomic mass is 32.2. The molecule has 0 spiro atoms. The molecule has 0 saturated heterocycles. The van der Waals surface area contributed by atoms with Gasteiger partial charge in [0.15, 0.2) is 0 Å². The van der Waals surface area contributed by atoms with Crippen molar-refractivity contribution in [2.24, 2.45) is 0 Å². The molecule has 0 amide bonds. The highest BCUT2D eigenvalue weighted by molar-refractivity contribution is 7.98. The Bertz CT molecular complexity index is 1420. The molecule has 2 atom stereocenters. The van der Waals surface area contributed by atoms with Gasteiger partial charge in [-0.15, -0.1) is 5.10 Å². The van der Waals surface area contributed by atoms with Crippen LogP contribution in [0.5, 0.6) is 5.75 Å². The van der Waals surface area contributed by atoms with Gasteiger partial charge < -0.3 is 10.1 Å². The topological polar surface area (TPSA) is 52.0 Å². The van der Waals surface area contributed by atoms with E-state index in [1.54, 1.807) is 11.8 Å². The summed E-state index contributed by atoms with van der Waals surface area (Å²) >= 11 is 1.55. The fourth-order valence-electron chi connectivity index (χ4n) is 4.80. The number of nitrogens with zero attached hydrogens (tertiary/aromatic N) is 3. The Hall–Kier alpha value is -3.51. The van der Waals surface area contributed by atoms with Gasteiger partial charge in [-0.2, -0.15) is 4.98 Å². The Morgan fingerprint density at radius 2 is 1.50 bits per heavy atom. The molecule has 1 aromatic heterocycles. The zero-order chi connectivity index (χ0) is 23.4. The molecule has 6 rings (SSSR count). The molecule has 5 nitrogen and oxygen atoms in total. The van der Waals surface area contributed by atoms with Gasteiger partial charge in [0.05, 0.1) is 5.70 Å². The Labute approximate surface area is 203 Å². The molecular weight excluding hydrogens is 440 g/mol. The molecule has 6 heteroatoms. The molecule has 0 unspecified atom stereocenters. The third kappa shape index (κ3) is 3.41. The van der Waals surface area contributed by atoms with Crippen LogP contribution < -0.4 is 10.1 Å². The third-order valence-electron chi connectivity index (χ3n) is 6.56. The second-order valence-electron chi connectivity index (χ2n) is 9.04. The Morgan fingerprint density at radius 1 is 0.853 bits per heavy atom. The largest absolute Gasteiger partial charge is 0.480 e. The molecule has 0 bridgehead atoms. The van der Waals surface area contributed by atoms with Crippen molar-refractivity contribution < 1.29 is 4.74 Å². The summed E-state index contributed by atoms with van der Waals surface area (Å²) in [5.74, 6) is 1.63. The molecule has 3 aromatic carbocycles. The van der Waals surface area contributed by atoms with E-state index in [0.29, 0.717) is 0 Å². The van der Waals surface area contributed by atoms with E-state index in [1.165, 1.54) is 16.7 Å². The maximum Gasteiger partial charge on any atom is 0.227 e. The molecule has 3 heterocycles. The SMILES string of the molecule is CSc1nc2n(n1)[C@@H](c1ccc(C)cc1)C1=C(N2)c2cc(C)ccc2O[C@H]1c1ccc(C)cc1. The average Bonchev–Trinajstić information content (AvgIpc) is 3.27. The predicted octanol–water partition coefficient (Wildman–Crippen LogP) is 6.49. The number of rotatable bonds is 3. The van der Waals surface area contributed by atoms with Gasteiger partial charge in [-0.1, -0.05) is 83.0 Å². The molecule has 170 valence electrons. The minimum absolute atomic E-state index is 0.139. The smallest absolute Gasteiger partial charge is 0.227 e. The Kier molecular flexibility index (Phi) is 4.99. The Morgan fingerprint density at radius 3 is 2.18 bits per heavy atom. The average molecular weight is 467 g/mol. The summed E-state index contributed by atoms with van der Waals surface area (Å²) < 4.78 is 8.76. The molecule has 0 fully saturated rings. The van der Waals surface area contributed by atoms with Crippen LogP contribution in [0.2, 0.25) is 0 Å². The second kappa shape index (κ2) is 8.06. The minimum atomic E-state index is -0.250. The van der Waals surface area contributed by atoms with Crippen LogP contribution in [0.25, 0.3) is 5.70 Å². The van der Waals surface area contributed by atoms with Crippen LogP contribution in [0.1, 0.15) is 45.5 Å². The summed E-state index contributed by atoms with van der Waals surface area (Å²) in [7, 11) is 0. The van der Waals surface area contributed by atoms with Crippen molar-refractivity contribution in [3.05, 3.63) is 106 Å². The molecule has 4 aromatic rings. The van der Waals surface area contributed by atoms with Gasteiger partial charge in [0, 0.05) is 11.1 Å². The Balaban J connectivity index is 1.63. The summed E-state index contributed by atoms with van der Waals surface area (Å²) in [6.45, 7) is 6.33. The van der Waals surface area contributed by atoms with E-state index < -0.39 is 0 Å². The van der Waals surface area contributed by atoms with Crippen molar-refractivity contribution in [2.75, 3.05) is 11.6 Å². The molecule has 34 heavy (non-hydrogen) atoms. The number of hydrogen-bond acceptors (Lipinski definition) is 5. The first kappa shape index (κ1) is 21.1. The summed E-state index contributed by atoms with van der Waals surface area (Å²) in [4.78, 5) is 4.79. The van der Waals surface area contributed by atoms with Crippen molar-refractivity contribution in [2.45, 2.75) is 38.1 Å². The van der Waals surface area contributed by atoms with Crippen LogP contribution in [0.15, 0.2) is 77.5 Å². The lowest BCUT2D eigenvalue weighted by atomic mass is 9.84. The lowest BCUT2D eigenvalue weighted by Crippen LogP contribution is -2.32. The van der Waals surface area contributed by atoms with E-state index in [9.17, 15) is 0 Å². The number of hydrogen-bond donors (Lipinski definition) is 1. The zero-order valence-corrected chi connectivity index (χ0v) is 20.5. The van der Waals surface area contributed by atoms with Crippen molar-refractivity contribution >= 4 is 23.4 Å². The number of aryl methyl sites for hydroxylation is 3. The molecule has 2 aliphatic rings. The van der Waals surface area contributed by atoms with Gasteiger partial charge in [0.1, 0.15) is 17.9 Å². The minimum Gasteiger partial charge on any atom is -0.480 e. The van der Waals surface area contributed by atoms with Crippen molar-refractivity contribution in [3.63, 3.8) is 0 Å². The first-order valence-electron chi connectivity index (χ1n) is 11.4. The third-order valence-corrected chi connectivity index (χ3v) is 7.10. The van der Waals surface area contributed by atoms with Crippen LogP contribution in [0.4, 0.5) is 5.95 Å². The van der Waals surface area contributed by atoms with E-state index in [1.807, 2.05) is 10.9 Å². The number of anilines is 1. The molecular formula is C28H26N4OS. The first-order valence-corrected chi connectivity index (χ1v) is 12.7. The van der Waals surface area contributed by atoms with Crippen LogP contribution >= 0.6 is 11.8 Å². The van der Waals surface area contributed by atoms with Crippen LogP contribution in [-0.4, -0.2) is 21.0 Å². The van der Waals surface area contributed by atoms with Gasteiger partial charge in [-0.05, 0) is 50.3 Å². The second-order valence-corrected chi connectivity index (χ2v) is 9.82. The maximum atomic E-state index is 6.74. The van der Waals surface area contributed by atoms with Crippen LogP contribution in [0, 0.1) is 20.8 Å². The molecule has 0 aliphatic carbocycles. The number of nitrogens with one attached hydrogen (secondary N) is 1. The standard InChI is InChI=1S/C28H26N4OS/c1-16-5-10-19(11-6-16)25-23-24(29-27-30-28(34-4)31-32(25)27)21-15-18(3)9-14-22(21)33-26(23)20-12-7-17(2)8-13-20/h5-15,25-26H,1-4H3,(H,29,30,31)/t25-,26-/m0/s1. The zero-order valence-electron chi connectivity index (χ0n) is 19.7. The number of aromatic nitrogens is 3. The van der Waals surface area contributed by atoms with E-state index in [0.717, 1.165) is 44.8 Å². The predicted molar refractivity (Wildman–Crippen MR) is 137 cm³/mol. The number of thioether (sulfide) groups is 1. The highest BCUT2D eigenvalue weighted by Gasteiger charge is 2.41. The summed E-state index contributed by atoms with van der Waals surface area (Å²) in [6.07, 6.45) is 1.76. The highest BCUT2D eigenvalue weighted by Crippen LogP contribution is 2.51. The maximum absolute atomic E-state index is 6.74. The van der Waals surface area contributed by atoms with Crippen molar-refractivity contribution in [1.82, 2.24) is 14.8 Å². The summed E-state index contributed by atoms with van der Waals surface area (Å²) in [5.41, 5.74) is 9.21. The molecule has 1 N–H and O–H groups in total. The fourth-order valence-corrected chi connectivity index (χ4v) is 5.14. The lowest BCUT2D eigenvalue weighted by Gasteiger charge is -2.39. The number of fused-ring (bicyclic) bond motifs is 3.